The van der Waals surface area contributed by atoms with Gasteiger partial charge in [0.05, 0.1) is 17.1 Å². The molecule has 5 aromatic rings. The number of aromatic nitrogens is 3. The lowest BCUT2D eigenvalue weighted by Gasteiger charge is -2.14. The molecule has 32 heavy (non-hydrogen) atoms. The predicted octanol–water partition coefficient (Wildman–Crippen LogP) is 4.96. The molecule has 0 unspecified atom stereocenters. The van der Waals surface area contributed by atoms with Gasteiger partial charge in [-0.05, 0) is 43.7 Å². The molecule has 2 aromatic heterocycles. The first-order valence-corrected chi connectivity index (χ1v) is 10.5. The first kappa shape index (κ1) is 19.8. The zero-order valence-corrected chi connectivity index (χ0v) is 17.9. The lowest BCUT2D eigenvalue weighted by Crippen LogP contribution is -2.27. The van der Waals surface area contributed by atoms with Crippen molar-refractivity contribution in [2.45, 2.75) is 19.9 Å². The van der Waals surface area contributed by atoms with E-state index in [2.05, 4.69) is 5.32 Å². The highest BCUT2D eigenvalue weighted by Gasteiger charge is 2.25. The van der Waals surface area contributed by atoms with Gasteiger partial charge in [0.15, 0.2) is 5.65 Å². The standard InChI is InChI=1S/C26H23N5O/c1-16-12-14-19(15-13-16)31-24(27)22(26(32)28-17(2)18-8-4-3-5-9-18)23-25(31)30-21-11-7-6-10-20(21)29-23/h3-15,17H,27H2,1-2H3,(H,28,32)/t17-/m0/s1. The van der Waals surface area contributed by atoms with Crippen molar-refractivity contribution in [2.75, 3.05) is 5.73 Å². The van der Waals surface area contributed by atoms with Crippen LogP contribution >= 0.6 is 0 Å². The molecule has 5 rings (SSSR count). The van der Waals surface area contributed by atoms with Crippen molar-refractivity contribution >= 4 is 33.9 Å². The van der Waals surface area contributed by atoms with Crippen LogP contribution < -0.4 is 11.1 Å². The minimum atomic E-state index is -0.278. The number of hydrogen-bond acceptors (Lipinski definition) is 4. The Kier molecular flexibility index (Phi) is 4.82. The average Bonchev–Trinajstić information content (AvgIpc) is 3.09. The van der Waals surface area contributed by atoms with Gasteiger partial charge in [0.25, 0.3) is 5.91 Å². The largest absolute Gasteiger partial charge is 0.384 e. The van der Waals surface area contributed by atoms with E-state index in [1.54, 1.807) is 4.57 Å². The smallest absolute Gasteiger partial charge is 0.257 e. The second kappa shape index (κ2) is 7.81. The minimum Gasteiger partial charge on any atom is -0.384 e. The first-order valence-electron chi connectivity index (χ1n) is 10.5. The van der Waals surface area contributed by atoms with Gasteiger partial charge in [0, 0.05) is 5.69 Å². The third kappa shape index (κ3) is 3.36. The van der Waals surface area contributed by atoms with Gasteiger partial charge < -0.3 is 11.1 Å². The number of fused-ring (bicyclic) bond motifs is 2. The normalized spacial score (nSPS) is 12.2. The van der Waals surface area contributed by atoms with Crippen molar-refractivity contribution in [1.29, 1.82) is 0 Å². The molecule has 1 amide bonds. The molecule has 0 radical (unpaired) electrons. The number of anilines is 1. The lowest BCUT2D eigenvalue weighted by molar-refractivity contribution is 0.0942. The molecule has 158 valence electrons. The molecule has 6 heteroatoms. The maximum absolute atomic E-state index is 13.4. The van der Waals surface area contributed by atoms with Crippen molar-refractivity contribution in [2.24, 2.45) is 0 Å². The number of hydrogen-bond donors (Lipinski definition) is 2. The number of nitrogens with two attached hydrogens (primary N) is 1. The molecule has 0 aliphatic carbocycles. The monoisotopic (exact) mass is 421 g/mol. The Hall–Kier alpha value is -4.19. The number of rotatable bonds is 4. The summed E-state index contributed by atoms with van der Waals surface area (Å²) in [5.41, 5.74) is 12.4. The van der Waals surface area contributed by atoms with Gasteiger partial charge in [-0.1, -0.05) is 60.2 Å². The topological polar surface area (TPSA) is 85.8 Å². The summed E-state index contributed by atoms with van der Waals surface area (Å²) in [5, 5.41) is 3.07. The number of nitrogens with one attached hydrogen (secondary N) is 1. The van der Waals surface area contributed by atoms with Gasteiger partial charge in [-0.15, -0.1) is 0 Å². The molecule has 2 heterocycles. The summed E-state index contributed by atoms with van der Waals surface area (Å²) in [4.78, 5) is 23.0. The summed E-state index contributed by atoms with van der Waals surface area (Å²) in [5.74, 6) is 0.0382. The maximum Gasteiger partial charge on any atom is 0.257 e. The summed E-state index contributed by atoms with van der Waals surface area (Å²) in [6.45, 7) is 3.97. The maximum atomic E-state index is 13.4. The minimum absolute atomic E-state index is 0.186. The predicted molar refractivity (Wildman–Crippen MR) is 128 cm³/mol. The van der Waals surface area contributed by atoms with Gasteiger partial charge in [-0.2, -0.15) is 0 Å². The van der Waals surface area contributed by atoms with E-state index in [1.165, 1.54) is 0 Å². The fourth-order valence-corrected chi connectivity index (χ4v) is 3.93. The number of amides is 1. The van der Waals surface area contributed by atoms with Gasteiger partial charge in [0.2, 0.25) is 0 Å². The summed E-state index contributed by atoms with van der Waals surface area (Å²) in [6.07, 6.45) is 0. The van der Waals surface area contributed by atoms with Crippen LogP contribution in [0.25, 0.3) is 27.9 Å². The van der Waals surface area contributed by atoms with Crippen LogP contribution in [0.5, 0.6) is 0 Å². The SMILES string of the molecule is Cc1ccc(-n2c(N)c(C(=O)N[C@@H](C)c3ccccc3)c3nc4ccccc4nc32)cc1. The summed E-state index contributed by atoms with van der Waals surface area (Å²) in [7, 11) is 0. The second-order valence-corrected chi connectivity index (χ2v) is 7.92. The van der Waals surface area contributed by atoms with Gasteiger partial charge in [-0.3, -0.25) is 9.36 Å². The van der Waals surface area contributed by atoms with Crippen LogP contribution in [0.3, 0.4) is 0 Å². The number of nitrogens with zero attached hydrogens (tertiary/aromatic N) is 3. The molecule has 0 bridgehead atoms. The lowest BCUT2D eigenvalue weighted by atomic mass is 10.1. The molecular formula is C26H23N5O. The molecule has 0 fully saturated rings. The summed E-state index contributed by atoms with van der Waals surface area (Å²) < 4.78 is 1.80. The van der Waals surface area contributed by atoms with Gasteiger partial charge >= 0.3 is 0 Å². The summed E-state index contributed by atoms with van der Waals surface area (Å²) >= 11 is 0. The Morgan fingerprint density at radius 1 is 0.906 bits per heavy atom. The van der Waals surface area contributed by atoms with Crippen LogP contribution in [0.15, 0.2) is 78.9 Å². The fraction of sp³-hybridized carbons (Fsp3) is 0.115. The number of carbonyl (C=O) groups excluding carboxylic acids is 1. The van der Waals surface area contributed by atoms with Crippen molar-refractivity contribution in [3.8, 4) is 5.69 Å². The number of para-hydroxylation sites is 2. The van der Waals surface area contributed by atoms with Crippen LogP contribution in [0, 0.1) is 6.92 Å². The van der Waals surface area contributed by atoms with Crippen LogP contribution in [0.2, 0.25) is 0 Å². The molecule has 0 aliphatic heterocycles. The highest BCUT2D eigenvalue weighted by Crippen LogP contribution is 2.31. The van der Waals surface area contributed by atoms with E-state index >= 15 is 0 Å². The molecule has 0 spiro atoms. The number of nitrogen functional groups attached to an aromatic ring is 1. The van der Waals surface area contributed by atoms with Crippen molar-refractivity contribution in [3.63, 3.8) is 0 Å². The van der Waals surface area contributed by atoms with Crippen LogP contribution in [0.1, 0.15) is 34.5 Å². The van der Waals surface area contributed by atoms with Crippen LogP contribution in [-0.4, -0.2) is 20.4 Å². The fourth-order valence-electron chi connectivity index (χ4n) is 3.93. The second-order valence-electron chi connectivity index (χ2n) is 7.92. The molecule has 0 saturated heterocycles. The number of aryl methyl sites for hydroxylation is 1. The van der Waals surface area contributed by atoms with Crippen LogP contribution in [-0.2, 0) is 0 Å². The van der Waals surface area contributed by atoms with Crippen LogP contribution in [0.4, 0.5) is 5.82 Å². The third-order valence-corrected chi connectivity index (χ3v) is 5.66. The van der Waals surface area contributed by atoms with E-state index in [-0.39, 0.29) is 11.9 Å². The average molecular weight is 422 g/mol. The molecule has 3 N–H and O–H groups in total. The Labute approximate surface area is 185 Å². The Bertz CT molecular complexity index is 1440. The zero-order valence-electron chi connectivity index (χ0n) is 17.9. The number of benzene rings is 3. The number of carbonyl (C=O) groups is 1. The van der Waals surface area contributed by atoms with E-state index in [1.807, 2.05) is 92.7 Å². The summed E-state index contributed by atoms with van der Waals surface area (Å²) in [6, 6.07) is 25.2. The van der Waals surface area contributed by atoms with E-state index in [4.69, 9.17) is 15.7 Å². The molecule has 1 atom stereocenters. The Morgan fingerprint density at radius 2 is 1.53 bits per heavy atom. The molecule has 0 aliphatic rings. The van der Waals surface area contributed by atoms with E-state index in [0.717, 1.165) is 22.3 Å². The van der Waals surface area contributed by atoms with E-state index < -0.39 is 0 Å². The first-order chi connectivity index (χ1) is 15.5. The van der Waals surface area contributed by atoms with Crippen molar-refractivity contribution in [3.05, 3.63) is 95.6 Å². The Balaban J connectivity index is 1.69. The molecule has 6 nitrogen and oxygen atoms in total. The molecule has 0 saturated carbocycles. The highest BCUT2D eigenvalue weighted by molar-refractivity contribution is 6.11. The molecule has 3 aromatic carbocycles. The third-order valence-electron chi connectivity index (χ3n) is 5.66. The van der Waals surface area contributed by atoms with Crippen molar-refractivity contribution < 1.29 is 4.79 Å². The molecular weight excluding hydrogens is 398 g/mol. The Morgan fingerprint density at radius 3 is 2.22 bits per heavy atom. The zero-order chi connectivity index (χ0) is 22.2. The van der Waals surface area contributed by atoms with Crippen molar-refractivity contribution in [1.82, 2.24) is 19.9 Å². The van der Waals surface area contributed by atoms with E-state index in [0.29, 0.717) is 28.1 Å². The van der Waals surface area contributed by atoms with Gasteiger partial charge in [-0.25, -0.2) is 9.97 Å². The van der Waals surface area contributed by atoms with E-state index in [9.17, 15) is 4.79 Å². The van der Waals surface area contributed by atoms with Gasteiger partial charge in [0.1, 0.15) is 16.9 Å². The highest BCUT2D eigenvalue weighted by atomic mass is 16.1. The quantitative estimate of drug-likeness (QED) is 0.430.